The lowest BCUT2D eigenvalue weighted by Crippen LogP contribution is -2.30. The zero-order valence-electron chi connectivity index (χ0n) is 13.2. The average Bonchev–Trinajstić information content (AvgIpc) is 3.39. The van der Waals surface area contributed by atoms with Gasteiger partial charge in [-0.3, -0.25) is 0 Å². The molecule has 1 saturated carbocycles. The minimum atomic E-state index is -3.73. The van der Waals surface area contributed by atoms with E-state index >= 15 is 0 Å². The molecule has 0 amide bonds. The first kappa shape index (κ1) is 17.0. The molecule has 1 fully saturated rings. The smallest absolute Gasteiger partial charge is 0.207 e. The lowest BCUT2D eigenvalue weighted by molar-refractivity contribution is 0.529. The van der Waals surface area contributed by atoms with Crippen LogP contribution in [0.15, 0.2) is 47.4 Å². The van der Waals surface area contributed by atoms with Crippen LogP contribution in [0, 0.1) is 24.2 Å². The van der Waals surface area contributed by atoms with Crippen LogP contribution in [0.2, 0.25) is 5.02 Å². The molecule has 4 nitrogen and oxygen atoms in total. The zero-order valence-corrected chi connectivity index (χ0v) is 14.7. The number of benzene rings is 2. The van der Waals surface area contributed by atoms with Gasteiger partial charge in [0.2, 0.25) is 10.0 Å². The molecule has 1 unspecified atom stereocenters. The van der Waals surface area contributed by atoms with E-state index in [4.69, 9.17) is 16.9 Å². The third-order valence-corrected chi connectivity index (χ3v) is 5.95. The molecule has 0 bridgehead atoms. The maximum absolute atomic E-state index is 12.7. The van der Waals surface area contributed by atoms with Crippen molar-refractivity contribution < 1.29 is 8.42 Å². The Kier molecular flexibility index (Phi) is 4.64. The Labute approximate surface area is 147 Å². The van der Waals surface area contributed by atoms with Crippen LogP contribution < -0.4 is 4.72 Å². The first-order valence-corrected chi connectivity index (χ1v) is 9.55. The first-order chi connectivity index (χ1) is 11.4. The van der Waals surface area contributed by atoms with E-state index in [1.807, 2.05) is 37.3 Å². The van der Waals surface area contributed by atoms with Crippen LogP contribution in [0.25, 0.3) is 0 Å². The summed E-state index contributed by atoms with van der Waals surface area (Å²) in [5.41, 5.74) is 2.24. The first-order valence-electron chi connectivity index (χ1n) is 7.69. The van der Waals surface area contributed by atoms with Crippen molar-refractivity contribution in [2.75, 3.05) is 0 Å². The Balaban J connectivity index is 1.92. The summed E-state index contributed by atoms with van der Waals surface area (Å²) in [5.74, 6) is 0.310. The molecule has 1 atom stereocenters. The highest BCUT2D eigenvalue weighted by Crippen LogP contribution is 2.41. The van der Waals surface area contributed by atoms with E-state index in [0.29, 0.717) is 5.92 Å². The van der Waals surface area contributed by atoms with E-state index in [-0.39, 0.29) is 21.5 Å². The molecule has 0 aromatic heterocycles. The fourth-order valence-corrected chi connectivity index (χ4v) is 4.11. The fraction of sp³-hybridized carbons (Fsp3) is 0.278. The van der Waals surface area contributed by atoms with Gasteiger partial charge in [0.15, 0.2) is 0 Å². The minimum Gasteiger partial charge on any atom is -0.207 e. The standard InChI is InChI=1S/C18H17ClN2O2S/c1-12-2-4-13(5-3-12)18(14-6-7-14)21-24(22,23)16-8-9-17(19)15(10-16)11-20/h2-5,8-10,14,18,21H,6-7H2,1H3. The number of hydrogen-bond acceptors (Lipinski definition) is 3. The van der Waals surface area contributed by atoms with Gasteiger partial charge in [-0.1, -0.05) is 41.4 Å². The Bertz CT molecular complexity index is 898. The highest BCUT2D eigenvalue weighted by atomic mass is 35.5. The predicted molar refractivity (Wildman–Crippen MR) is 93.1 cm³/mol. The molecule has 0 spiro atoms. The van der Waals surface area contributed by atoms with Crippen molar-refractivity contribution in [1.29, 1.82) is 5.26 Å². The quantitative estimate of drug-likeness (QED) is 0.877. The van der Waals surface area contributed by atoms with Crippen LogP contribution in [0.3, 0.4) is 0 Å². The number of nitrogens with zero attached hydrogens (tertiary/aromatic N) is 1. The molecule has 0 heterocycles. The van der Waals surface area contributed by atoms with Gasteiger partial charge in [-0.25, -0.2) is 13.1 Å². The van der Waals surface area contributed by atoms with Crippen LogP contribution in [-0.2, 0) is 10.0 Å². The third kappa shape index (κ3) is 3.62. The van der Waals surface area contributed by atoms with E-state index < -0.39 is 10.0 Å². The van der Waals surface area contributed by atoms with Crippen molar-refractivity contribution >= 4 is 21.6 Å². The van der Waals surface area contributed by atoms with Gasteiger partial charge < -0.3 is 0 Å². The second kappa shape index (κ2) is 6.56. The van der Waals surface area contributed by atoms with E-state index in [2.05, 4.69) is 4.72 Å². The second-order valence-electron chi connectivity index (χ2n) is 6.10. The van der Waals surface area contributed by atoms with Gasteiger partial charge in [-0.15, -0.1) is 0 Å². The number of aryl methyl sites for hydroxylation is 1. The van der Waals surface area contributed by atoms with Gasteiger partial charge in [-0.05, 0) is 49.4 Å². The molecular weight excluding hydrogens is 344 g/mol. The zero-order chi connectivity index (χ0) is 17.3. The maximum Gasteiger partial charge on any atom is 0.241 e. The molecule has 0 saturated heterocycles. The summed E-state index contributed by atoms with van der Waals surface area (Å²) in [6, 6.07) is 13.7. The van der Waals surface area contributed by atoms with Crippen molar-refractivity contribution in [3.05, 3.63) is 64.2 Å². The summed E-state index contributed by atoms with van der Waals surface area (Å²) in [6.07, 6.45) is 2.01. The lowest BCUT2D eigenvalue weighted by Gasteiger charge is -2.19. The number of halogens is 1. The molecule has 0 aliphatic heterocycles. The number of nitriles is 1. The SMILES string of the molecule is Cc1ccc(C(NS(=O)(=O)c2ccc(Cl)c(C#N)c2)C2CC2)cc1. The molecule has 1 aliphatic rings. The highest BCUT2D eigenvalue weighted by Gasteiger charge is 2.35. The summed E-state index contributed by atoms with van der Waals surface area (Å²) >= 11 is 5.89. The van der Waals surface area contributed by atoms with Gasteiger partial charge in [0, 0.05) is 6.04 Å². The Morgan fingerprint density at radius 1 is 1.21 bits per heavy atom. The van der Waals surface area contributed by atoms with E-state index in [1.165, 1.54) is 18.2 Å². The molecule has 6 heteroatoms. The summed E-state index contributed by atoms with van der Waals surface area (Å²) < 4.78 is 28.3. The fourth-order valence-electron chi connectivity index (χ4n) is 2.63. The van der Waals surface area contributed by atoms with Crippen molar-refractivity contribution in [3.8, 4) is 6.07 Å². The van der Waals surface area contributed by atoms with Crippen molar-refractivity contribution in [2.24, 2.45) is 5.92 Å². The molecule has 3 rings (SSSR count). The monoisotopic (exact) mass is 360 g/mol. The van der Waals surface area contributed by atoms with Gasteiger partial charge >= 0.3 is 0 Å². The molecule has 2 aromatic carbocycles. The van der Waals surface area contributed by atoms with Gasteiger partial charge in [-0.2, -0.15) is 5.26 Å². The molecule has 124 valence electrons. The molecule has 1 aliphatic carbocycles. The lowest BCUT2D eigenvalue weighted by atomic mass is 10.0. The molecule has 24 heavy (non-hydrogen) atoms. The molecule has 1 N–H and O–H groups in total. The number of sulfonamides is 1. The Hall–Kier alpha value is -1.87. The van der Waals surface area contributed by atoms with Gasteiger partial charge in [0.25, 0.3) is 0 Å². The van der Waals surface area contributed by atoms with Crippen LogP contribution in [0.5, 0.6) is 0 Å². The molecule has 2 aromatic rings. The summed E-state index contributed by atoms with van der Waals surface area (Å²) in [5, 5.41) is 9.29. The Morgan fingerprint density at radius 3 is 2.46 bits per heavy atom. The second-order valence-corrected chi connectivity index (χ2v) is 8.22. The number of nitrogens with one attached hydrogen (secondary N) is 1. The van der Waals surface area contributed by atoms with E-state index in [9.17, 15) is 8.42 Å². The summed E-state index contributed by atoms with van der Waals surface area (Å²) in [7, 11) is -3.73. The maximum atomic E-state index is 12.7. The highest BCUT2D eigenvalue weighted by molar-refractivity contribution is 7.89. The van der Waals surface area contributed by atoms with Crippen LogP contribution in [0.4, 0.5) is 0 Å². The van der Waals surface area contributed by atoms with Crippen LogP contribution in [0.1, 0.15) is 35.6 Å². The van der Waals surface area contributed by atoms with Crippen molar-refractivity contribution in [1.82, 2.24) is 4.72 Å². The predicted octanol–water partition coefficient (Wildman–Crippen LogP) is 3.95. The van der Waals surface area contributed by atoms with Crippen molar-refractivity contribution in [3.63, 3.8) is 0 Å². The van der Waals surface area contributed by atoms with Crippen LogP contribution >= 0.6 is 11.6 Å². The topological polar surface area (TPSA) is 70.0 Å². The van der Waals surface area contributed by atoms with Crippen LogP contribution in [-0.4, -0.2) is 8.42 Å². The summed E-state index contributed by atoms with van der Waals surface area (Å²) in [6.45, 7) is 2.00. The Morgan fingerprint density at radius 2 is 1.88 bits per heavy atom. The van der Waals surface area contributed by atoms with Gasteiger partial charge in [0.1, 0.15) is 6.07 Å². The average molecular weight is 361 g/mol. The minimum absolute atomic E-state index is 0.0567. The van der Waals surface area contributed by atoms with Gasteiger partial charge in [0.05, 0.1) is 15.5 Å². The normalized spacial score (nSPS) is 15.7. The summed E-state index contributed by atoms with van der Waals surface area (Å²) in [4.78, 5) is 0.0567. The number of rotatable bonds is 5. The third-order valence-electron chi connectivity index (χ3n) is 4.18. The van der Waals surface area contributed by atoms with Crippen molar-refractivity contribution in [2.45, 2.75) is 30.7 Å². The molecule has 0 radical (unpaired) electrons. The number of hydrogen-bond donors (Lipinski definition) is 1. The van der Waals surface area contributed by atoms with E-state index in [1.54, 1.807) is 0 Å². The molecular formula is C18H17ClN2O2S. The van der Waals surface area contributed by atoms with E-state index in [0.717, 1.165) is 24.0 Å². The largest absolute Gasteiger partial charge is 0.241 e.